The summed E-state index contributed by atoms with van der Waals surface area (Å²) in [6.07, 6.45) is 3.26. The molecule has 6 rings (SSSR count). The highest BCUT2D eigenvalue weighted by Gasteiger charge is 2.22. The monoisotopic (exact) mass is 434 g/mol. The van der Waals surface area contributed by atoms with E-state index in [-0.39, 0.29) is 5.91 Å². The maximum absolute atomic E-state index is 12.2. The smallest absolute Gasteiger partial charge is 0.222 e. The van der Waals surface area contributed by atoms with E-state index in [9.17, 15) is 4.79 Å². The van der Waals surface area contributed by atoms with Crippen LogP contribution in [0.25, 0.3) is 33.3 Å². The summed E-state index contributed by atoms with van der Waals surface area (Å²) < 4.78 is 6.40. The Bertz CT molecular complexity index is 1460. The number of H-pyrrole nitrogens is 1. The molecule has 0 bridgehead atoms. The standard InChI is InChI=1S/C27H22N4O2/c32-25-8-4-14-31(25)17-21-10-9-20(26-29-23-7-3-13-28-27(23)30-26)16-24(21)33-22-12-11-18-5-1-2-6-19(18)15-22/h1-3,5-7,9-13,15-16H,4,8,14,17H2,(H,28,29,30). The highest BCUT2D eigenvalue weighted by Crippen LogP contribution is 2.33. The van der Waals surface area contributed by atoms with E-state index in [1.54, 1.807) is 6.20 Å². The zero-order chi connectivity index (χ0) is 22.2. The number of rotatable bonds is 5. The van der Waals surface area contributed by atoms with Crippen LogP contribution in [0.15, 0.2) is 79.0 Å². The maximum Gasteiger partial charge on any atom is 0.222 e. The van der Waals surface area contributed by atoms with Crippen LogP contribution in [-0.4, -0.2) is 32.3 Å². The maximum atomic E-state index is 12.2. The van der Waals surface area contributed by atoms with Crippen LogP contribution in [0.4, 0.5) is 0 Å². The lowest BCUT2D eigenvalue weighted by molar-refractivity contribution is -0.128. The number of hydrogen-bond donors (Lipinski definition) is 1. The van der Waals surface area contributed by atoms with E-state index in [1.807, 2.05) is 59.5 Å². The average Bonchev–Trinajstić information content (AvgIpc) is 3.46. The zero-order valence-corrected chi connectivity index (χ0v) is 18.0. The van der Waals surface area contributed by atoms with Crippen LogP contribution in [0.5, 0.6) is 11.5 Å². The number of benzene rings is 3. The number of nitrogens with zero attached hydrogens (tertiary/aromatic N) is 3. The van der Waals surface area contributed by atoms with Crippen LogP contribution in [-0.2, 0) is 11.3 Å². The van der Waals surface area contributed by atoms with Crippen molar-refractivity contribution in [2.75, 3.05) is 6.54 Å². The van der Waals surface area contributed by atoms with Crippen molar-refractivity contribution in [2.24, 2.45) is 0 Å². The van der Waals surface area contributed by atoms with Crippen molar-refractivity contribution in [3.05, 3.63) is 84.6 Å². The number of imidazole rings is 1. The molecule has 0 spiro atoms. The van der Waals surface area contributed by atoms with E-state index in [1.165, 1.54) is 0 Å². The number of aromatic nitrogens is 3. The molecule has 1 aliphatic heterocycles. The van der Waals surface area contributed by atoms with Gasteiger partial charge in [-0.25, -0.2) is 9.97 Å². The number of fused-ring (bicyclic) bond motifs is 2. The summed E-state index contributed by atoms with van der Waals surface area (Å²) in [5.41, 5.74) is 3.43. The van der Waals surface area contributed by atoms with Gasteiger partial charge in [-0.15, -0.1) is 0 Å². The molecule has 6 heteroatoms. The van der Waals surface area contributed by atoms with Gasteiger partial charge in [0.1, 0.15) is 17.3 Å². The van der Waals surface area contributed by atoms with Crippen molar-refractivity contribution in [1.82, 2.24) is 19.9 Å². The van der Waals surface area contributed by atoms with E-state index >= 15 is 0 Å². The second kappa shape index (κ2) is 8.06. The highest BCUT2D eigenvalue weighted by molar-refractivity contribution is 5.84. The van der Waals surface area contributed by atoms with E-state index in [0.717, 1.165) is 57.7 Å². The quantitative estimate of drug-likeness (QED) is 0.386. The van der Waals surface area contributed by atoms with Crippen LogP contribution >= 0.6 is 0 Å². The molecular weight excluding hydrogens is 412 g/mol. The Morgan fingerprint density at radius 2 is 1.88 bits per heavy atom. The lowest BCUT2D eigenvalue weighted by atomic mass is 10.1. The second-order valence-corrected chi connectivity index (χ2v) is 8.31. The predicted molar refractivity (Wildman–Crippen MR) is 128 cm³/mol. The van der Waals surface area contributed by atoms with Gasteiger partial charge < -0.3 is 14.6 Å². The summed E-state index contributed by atoms with van der Waals surface area (Å²) in [4.78, 5) is 26.4. The molecule has 33 heavy (non-hydrogen) atoms. The number of likely N-dealkylation sites (tertiary alicyclic amines) is 1. The van der Waals surface area contributed by atoms with Crippen molar-refractivity contribution in [1.29, 1.82) is 0 Å². The molecule has 1 saturated heterocycles. The summed E-state index contributed by atoms with van der Waals surface area (Å²) in [6, 6.07) is 24.1. The van der Waals surface area contributed by atoms with Crippen molar-refractivity contribution in [3.8, 4) is 22.9 Å². The molecule has 6 nitrogen and oxygen atoms in total. The predicted octanol–water partition coefficient (Wildman–Crippen LogP) is 5.69. The third-order valence-corrected chi connectivity index (χ3v) is 6.08. The zero-order valence-electron chi connectivity index (χ0n) is 18.0. The summed E-state index contributed by atoms with van der Waals surface area (Å²) in [5.74, 6) is 2.40. The van der Waals surface area contributed by atoms with Crippen molar-refractivity contribution in [2.45, 2.75) is 19.4 Å². The Hall–Kier alpha value is -4.19. The number of aromatic amines is 1. The highest BCUT2D eigenvalue weighted by atomic mass is 16.5. The molecule has 3 heterocycles. The molecule has 0 radical (unpaired) electrons. The number of pyridine rings is 1. The number of amides is 1. The van der Waals surface area contributed by atoms with Gasteiger partial charge in [0, 0.05) is 36.8 Å². The van der Waals surface area contributed by atoms with Crippen LogP contribution in [0.3, 0.4) is 0 Å². The second-order valence-electron chi connectivity index (χ2n) is 8.31. The topological polar surface area (TPSA) is 71.1 Å². The number of carbonyl (C=O) groups excluding carboxylic acids is 1. The lowest BCUT2D eigenvalue weighted by Gasteiger charge is -2.19. The normalized spacial score (nSPS) is 13.8. The molecule has 1 aliphatic rings. The number of hydrogen-bond acceptors (Lipinski definition) is 4. The van der Waals surface area contributed by atoms with Gasteiger partial charge in [0.15, 0.2) is 5.65 Å². The van der Waals surface area contributed by atoms with E-state index in [2.05, 4.69) is 33.2 Å². The summed E-state index contributed by atoms with van der Waals surface area (Å²) in [6.45, 7) is 1.31. The third-order valence-electron chi connectivity index (χ3n) is 6.08. The molecule has 1 N–H and O–H groups in total. The lowest BCUT2D eigenvalue weighted by Crippen LogP contribution is -2.24. The van der Waals surface area contributed by atoms with Gasteiger partial charge in [0.05, 0.1) is 5.52 Å². The Balaban J connectivity index is 1.40. The van der Waals surface area contributed by atoms with Crippen molar-refractivity contribution in [3.63, 3.8) is 0 Å². The minimum atomic E-state index is 0.194. The van der Waals surface area contributed by atoms with Gasteiger partial charge in [-0.05, 0) is 47.5 Å². The fraction of sp³-hybridized carbons (Fsp3) is 0.148. The van der Waals surface area contributed by atoms with Crippen LogP contribution in [0, 0.1) is 0 Å². The van der Waals surface area contributed by atoms with Crippen LogP contribution in [0.1, 0.15) is 18.4 Å². The summed E-state index contributed by atoms with van der Waals surface area (Å²) >= 11 is 0. The molecule has 0 aliphatic carbocycles. The molecule has 1 amide bonds. The van der Waals surface area contributed by atoms with E-state index in [0.29, 0.717) is 18.6 Å². The van der Waals surface area contributed by atoms with Gasteiger partial charge in [0.2, 0.25) is 5.91 Å². The Morgan fingerprint density at radius 3 is 2.73 bits per heavy atom. The molecule has 0 saturated carbocycles. The fourth-order valence-electron chi connectivity index (χ4n) is 4.34. The molecule has 0 unspecified atom stereocenters. The first kappa shape index (κ1) is 19.5. The third kappa shape index (κ3) is 3.80. The Labute approximate surface area is 190 Å². The number of ether oxygens (including phenoxy) is 1. The molecule has 3 aromatic carbocycles. The van der Waals surface area contributed by atoms with Gasteiger partial charge >= 0.3 is 0 Å². The number of nitrogens with one attached hydrogen (secondary N) is 1. The fourth-order valence-corrected chi connectivity index (χ4v) is 4.34. The van der Waals surface area contributed by atoms with E-state index in [4.69, 9.17) is 4.74 Å². The molecular formula is C27H22N4O2. The van der Waals surface area contributed by atoms with Gasteiger partial charge in [-0.3, -0.25) is 4.79 Å². The Kier molecular flexibility index (Phi) is 4.76. The van der Waals surface area contributed by atoms with Gasteiger partial charge in [0.25, 0.3) is 0 Å². The minimum Gasteiger partial charge on any atom is -0.457 e. The van der Waals surface area contributed by atoms with Crippen LogP contribution in [0.2, 0.25) is 0 Å². The minimum absolute atomic E-state index is 0.194. The van der Waals surface area contributed by atoms with Crippen LogP contribution < -0.4 is 4.74 Å². The average molecular weight is 434 g/mol. The number of carbonyl (C=O) groups is 1. The van der Waals surface area contributed by atoms with Gasteiger partial charge in [-0.1, -0.05) is 42.5 Å². The molecule has 0 atom stereocenters. The van der Waals surface area contributed by atoms with Gasteiger partial charge in [-0.2, -0.15) is 0 Å². The molecule has 5 aromatic rings. The summed E-state index contributed by atoms with van der Waals surface area (Å²) in [5, 5.41) is 2.28. The van der Waals surface area contributed by atoms with Crippen molar-refractivity contribution >= 4 is 27.8 Å². The SMILES string of the molecule is O=C1CCCN1Cc1ccc(-c2nc3ncccc3[nH]2)cc1Oc1ccc2ccccc2c1. The first-order chi connectivity index (χ1) is 16.2. The van der Waals surface area contributed by atoms with Crippen molar-refractivity contribution < 1.29 is 9.53 Å². The van der Waals surface area contributed by atoms with E-state index < -0.39 is 0 Å². The first-order valence-electron chi connectivity index (χ1n) is 11.1. The first-order valence-corrected chi connectivity index (χ1v) is 11.1. The Morgan fingerprint density at radius 1 is 0.970 bits per heavy atom. The molecule has 162 valence electrons. The molecule has 1 fully saturated rings. The largest absolute Gasteiger partial charge is 0.457 e. The molecule has 2 aromatic heterocycles. The summed E-state index contributed by atoms with van der Waals surface area (Å²) in [7, 11) is 0.